The van der Waals surface area contributed by atoms with Crippen LogP contribution < -0.4 is 4.74 Å². The Labute approximate surface area is 194 Å². The van der Waals surface area contributed by atoms with Gasteiger partial charge in [-0.05, 0) is 72.7 Å². The molecule has 0 amide bonds. The number of methoxy groups -OCH3 is 1. The largest absolute Gasteiger partial charge is 0.508 e. The number of phenolic OH excluding ortho intramolecular Hbond substituents is 2. The molecule has 2 N–H and O–H groups in total. The third-order valence-electron chi connectivity index (χ3n) is 5.00. The van der Waals surface area contributed by atoms with Crippen molar-refractivity contribution in [2.24, 2.45) is 0 Å². The molecule has 4 aromatic rings. The number of hydrogen-bond acceptors (Lipinski definition) is 7. The van der Waals surface area contributed by atoms with E-state index >= 15 is 0 Å². The number of benzene rings is 3. The second-order valence-corrected chi connectivity index (χ2v) is 8.35. The Morgan fingerprint density at radius 1 is 0.939 bits per heavy atom. The first-order valence-electron chi connectivity index (χ1n) is 9.99. The monoisotopic (exact) mass is 460 g/mol. The van der Waals surface area contributed by atoms with E-state index < -0.39 is 5.97 Å². The molecule has 0 unspecified atom stereocenters. The van der Waals surface area contributed by atoms with Crippen molar-refractivity contribution in [3.63, 3.8) is 0 Å². The number of thiophene rings is 1. The fourth-order valence-corrected chi connectivity index (χ4v) is 4.45. The third kappa shape index (κ3) is 4.73. The zero-order chi connectivity index (χ0) is 23.5. The van der Waals surface area contributed by atoms with E-state index in [2.05, 4.69) is 4.74 Å². The topological polar surface area (TPSA) is 93.1 Å². The van der Waals surface area contributed by atoms with Gasteiger partial charge in [-0.15, -0.1) is 11.3 Å². The number of ether oxygens (including phenoxy) is 2. The van der Waals surface area contributed by atoms with Gasteiger partial charge in [0.05, 0.1) is 7.11 Å². The van der Waals surface area contributed by atoms with Crippen LogP contribution in [0.15, 0.2) is 66.7 Å². The van der Waals surface area contributed by atoms with Gasteiger partial charge in [0.25, 0.3) is 0 Å². The molecule has 33 heavy (non-hydrogen) atoms. The van der Waals surface area contributed by atoms with E-state index in [9.17, 15) is 19.8 Å². The van der Waals surface area contributed by atoms with Crippen LogP contribution in [-0.2, 0) is 9.53 Å². The Bertz CT molecular complexity index is 1380. The van der Waals surface area contributed by atoms with Crippen molar-refractivity contribution >= 4 is 39.3 Å². The molecule has 0 radical (unpaired) electrons. The summed E-state index contributed by atoms with van der Waals surface area (Å²) in [6.45, 7) is 1.76. The zero-order valence-electron chi connectivity index (χ0n) is 17.9. The van der Waals surface area contributed by atoms with Crippen molar-refractivity contribution in [2.75, 3.05) is 7.11 Å². The summed E-state index contributed by atoms with van der Waals surface area (Å²) in [6, 6.07) is 16.5. The highest BCUT2D eigenvalue weighted by Crippen LogP contribution is 2.43. The molecule has 0 fully saturated rings. The highest BCUT2D eigenvalue weighted by Gasteiger charge is 2.23. The molecule has 0 aliphatic rings. The van der Waals surface area contributed by atoms with Crippen molar-refractivity contribution in [1.82, 2.24) is 0 Å². The lowest BCUT2D eigenvalue weighted by Gasteiger charge is -2.09. The Morgan fingerprint density at radius 2 is 1.64 bits per heavy atom. The van der Waals surface area contributed by atoms with E-state index in [0.29, 0.717) is 37.6 Å². The lowest BCUT2D eigenvalue weighted by atomic mass is 10.0. The molecule has 6 nitrogen and oxygen atoms in total. The fourth-order valence-electron chi connectivity index (χ4n) is 3.33. The number of carbonyl (C=O) groups is 2. The predicted molar refractivity (Wildman–Crippen MR) is 127 cm³/mol. The quantitative estimate of drug-likeness (QED) is 0.214. The lowest BCUT2D eigenvalue weighted by molar-refractivity contribution is -0.134. The summed E-state index contributed by atoms with van der Waals surface area (Å²) in [4.78, 5) is 25.1. The van der Waals surface area contributed by atoms with Gasteiger partial charge in [-0.1, -0.05) is 12.1 Å². The molecular weight excluding hydrogens is 440 g/mol. The molecule has 166 valence electrons. The fraction of sp³-hybridized carbons (Fsp3) is 0.0769. The highest BCUT2D eigenvalue weighted by molar-refractivity contribution is 7.21. The minimum atomic E-state index is -0.448. The number of ketones is 1. The lowest BCUT2D eigenvalue weighted by Crippen LogP contribution is -2.03. The number of carbonyl (C=O) groups excluding carboxylic acids is 2. The highest BCUT2D eigenvalue weighted by atomic mass is 32.1. The molecule has 0 aliphatic carbocycles. The average molecular weight is 461 g/mol. The zero-order valence-corrected chi connectivity index (χ0v) is 18.7. The van der Waals surface area contributed by atoms with Gasteiger partial charge in [0.15, 0.2) is 5.75 Å². The van der Waals surface area contributed by atoms with Gasteiger partial charge < -0.3 is 19.7 Å². The van der Waals surface area contributed by atoms with Crippen LogP contribution in [0.4, 0.5) is 0 Å². The van der Waals surface area contributed by atoms with Crippen LogP contribution >= 0.6 is 11.3 Å². The first-order valence-corrected chi connectivity index (χ1v) is 10.8. The van der Waals surface area contributed by atoms with E-state index in [1.54, 1.807) is 61.5 Å². The average Bonchev–Trinajstić information content (AvgIpc) is 3.15. The maximum Gasteiger partial charge on any atom is 0.330 e. The van der Waals surface area contributed by atoms with Gasteiger partial charge in [-0.3, -0.25) is 4.79 Å². The smallest absolute Gasteiger partial charge is 0.330 e. The van der Waals surface area contributed by atoms with Crippen LogP contribution in [-0.4, -0.2) is 29.1 Å². The molecule has 0 aliphatic heterocycles. The Kier molecular flexibility index (Phi) is 6.15. The van der Waals surface area contributed by atoms with E-state index in [0.717, 1.165) is 5.56 Å². The SMILES string of the molecule is COC(=O)/C=C/c1ccc(Oc2c(C(=O)c3ccc(O)cc3C)sc3cc(O)ccc23)cc1. The van der Waals surface area contributed by atoms with Gasteiger partial charge in [-0.25, -0.2) is 4.79 Å². The van der Waals surface area contributed by atoms with Crippen LogP contribution in [0, 0.1) is 6.92 Å². The third-order valence-corrected chi connectivity index (χ3v) is 6.13. The van der Waals surface area contributed by atoms with Crippen LogP contribution in [0.25, 0.3) is 16.2 Å². The van der Waals surface area contributed by atoms with Crippen LogP contribution in [0.2, 0.25) is 0 Å². The number of aromatic hydroxyl groups is 2. The molecule has 0 bridgehead atoms. The van der Waals surface area contributed by atoms with Gasteiger partial charge in [0.1, 0.15) is 22.1 Å². The molecule has 4 rings (SSSR count). The number of fused-ring (bicyclic) bond motifs is 1. The van der Waals surface area contributed by atoms with Gasteiger partial charge >= 0.3 is 5.97 Å². The molecular formula is C26H20O6S. The second-order valence-electron chi connectivity index (χ2n) is 7.30. The summed E-state index contributed by atoms with van der Waals surface area (Å²) >= 11 is 1.23. The van der Waals surface area contributed by atoms with Gasteiger partial charge in [0, 0.05) is 21.7 Å². The molecule has 3 aromatic carbocycles. The predicted octanol–water partition coefficient (Wildman–Crippen LogP) is 5.83. The maximum absolute atomic E-state index is 13.4. The Morgan fingerprint density at radius 3 is 2.33 bits per heavy atom. The maximum atomic E-state index is 13.4. The number of esters is 1. The standard InChI is InChI=1S/C26H20O6S/c1-15-13-17(27)6-10-20(15)24(30)26-25(21-11-7-18(28)14-22(21)33-26)32-19-8-3-16(4-9-19)5-12-23(29)31-2/h3-14,27-28H,1-2H3/b12-5+. The Balaban J connectivity index is 1.73. The number of rotatable bonds is 6. The minimum absolute atomic E-state index is 0.0862. The molecule has 1 aromatic heterocycles. The van der Waals surface area contributed by atoms with Crippen molar-refractivity contribution in [3.8, 4) is 23.0 Å². The molecule has 0 saturated carbocycles. The van der Waals surface area contributed by atoms with Crippen LogP contribution in [0.5, 0.6) is 23.0 Å². The minimum Gasteiger partial charge on any atom is -0.508 e. The van der Waals surface area contributed by atoms with Crippen LogP contribution in [0.1, 0.15) is 26.4 Å². The van der Waals surface area contributed by atoms with Crippen molar-refractivity contribution in [1.29, 1.82) is 0 Å². The molecule has 0 saturated heterocycles. The summed E-state index contributed by atoms with van der Waals surface area (Å²) < 4.78 is 11.5. The van der Waals surface area contributed by atoms with Crippen molar-refractivity contribution in [3.05, 3.63) is 88.3 Å². The number of hydrogen-bond donors (Lipinski definition) is 2. The number of aryl methyl sites for hydroxylation is 1. The second kappa shape index (κ2) is 9.18. The van der Waals surface area contributed by atoms with Crippen LogP contribution in [0.3, 0.4) is 0 Å². The van der Waals surface area contributed by atoms with E-state index in [1.807, 2.05) is 0 Å². The summed E-state index contributed by atoms with van der Waals surface area (Å²) in [5.74, 6) is 0.400. The summed E-state index contributed by atoms with van der Waals surface area (Å²) in [5, 5.41) is 20.3. The number of phenols is 2. The first kappa shape index (κ1) is 22.1. The van der Waals surface area contributed by atoms with E-state index in [4.69, 9.17) is 4.74 Å². The normalized spacial score (nSPS) is 11.1. The summed E-state index contributed by atoms with van der Waals surface area (Å²) in [7, 11) is 1.31. The molecule has 0 atom stereocenters. The molecule has 1 heterocycles. The van der Waals surface area contributed by atoms with E-state index in [1.165, 1.54) is 36.7 Å². The summed E-state index contributed by atoms with van der Waals surface area (Å²) in [6.07, 6.45) is 2.95. The van der Waals surface area contributed by atoms with E-state index in [-0.39, 0.29) is 17.3 Å². The van der Waals surface area contributed by atoms with Crippen molar-refractivity contribution < 1.29 is 29.3 Å². The Hall–Kier alpha value is -4.10. The first-order chi connectivity index (χ1) is 15.9. The van der Waals surface area contributed by atoms with Gasteiger partial charge in [-0.2, -0.15) is 0 Å². The molecule has 7 heteroatoms. The van der Waals surface area contributed by atoms with Gasteiger partial charge in [0.2, 0.25) is 5.78 Å². The summed E-state index contributed by atoms with van der Waals surface area (Å²) in [5.41, 5.74) is 1.88. The molecule has 0 spiro atoms. The van der Waals surface area contributed by atoms with Crippen molar-refractivity contribution in [2.45, 2.75) is 6.92 Å².